The van der Waals surface area contributed by atoms with Crippen LogP contribution in [0.2, 0.25) is 5.02 Å². The molecule has 3 rings (SSSR count). The van der Waals surface area contributed by atoms with E-state index < -0.39 is 11.9 Å². The molecule has 1 aliphatic heterocycles. The van der Waals surface area contributed by atoms with Crippen molar-refractivity contribution in [3.8, 4) is 0 Å². The Morgan fingerprint density at radius 3 is 2.58 bits per heavy atom. The van der Waals surface area contributed by atoms with Crippen molar-refractivity contribution in [3.05, 3.63) is 45.3 Å². The third-order valence-electron chi connectivity index (χ3n) is 3.86. The molecule has 6 nitrogen and oxygen atoms in total. The second-order valence-corrected chi connectivity index (χ2v) is 7.00. The standard InChI is InChI=1S/C16H17ClN4O2S/c1-2-21-7-11-12(8-21)24-15(13(11)14(18)22)20-16(23)19-10-5-3-9(17)4-6-10/h3-6H,2,7-8H2,1H3,(H2,18,22)(H2,19,20,23). The first-order valence-electron chi connectivity index (χ1n) is 7.48. The Labute approximate surface area is 148 Å². The maximum absolute atomic E-state index is 12.2. The van der Waals surface area contributed by atoms with E-state index in [1.807, 2.05) is 0 Å². The van der Waals surface area contributed by atoms with Crippen LogP contribution >= 0.6 is 22.9 Å². The van der Waals surface area contributed by atoms with Crippen LogP contribution in [0.4, 0.5) is 15.5 Å². The van der Waals surface area contributed by atoms with Gasteiger partial charge in [-0.3, -0.25) is 15.0 Å². The Morgan fingerprint density at radius 1 is 1.25 bits per heavy atom. The first-order chi connectivity index (χ1) is 11.5. The van der Waals surface area contributed by atoms with Gasteiger partial charge in [0.2, 0.25) is 0 Å². The summed E-state index contributed by atoms with van der Waals surface area (Å²) < 4.78 is 0. The summed E-state index contributed by atoms with van der Waals surface area (Å²) in [4.78, 5) is 27.3. The number of fused-ring (bicyclic) bond motifs is 1. The second-order valence-electron chi connectivity index (χ2n) is 5.46. The van der Waals surface area contributed by atoms with Gasteiger partial charge in [-0.05, 0) is 36.4 Å². The average molecular weight is 365 g/mol. The highest BCUT2D eigenvalue weighted by atomic mass is 35.5. The fourth-order valence-corrected chi connectivity index (χ4v) is 4.04. The minimum Gasteiger partial charge on any atom is -0.365 e. The quantitative estimate of drug-likeness (QED) is 0.776. The number of amides is 3. The van der Waals surface area contributed by atoms with E-state index in [1.165, 1.54) is 11.3 Å². The summed E-state index contributed by atoms with van der Waals surface area (Å²) in [6, 6.07) is 6.34. The lowest BCUT2D eigenvalue weighted by Gasteiger charge is -2.12. The van der Waals surface area contributed by atoms with Gasteiger partial charge in [-0.15, -0.1) is 11.3 Å². The maximum atomic E-state index is 12.2. The molecule has 4 N–H and O–H groups in total. The number of hydrogen-bond acceptors (Lipinski definition) is 4. The summed E-state index contributed by atoms with van der Waals surface area (Å²) in [6.45, 7) is 4.43. The summed E-state index contributed by atoms with van der Waals surface area (Å²) in [7, 11) is 0. The molecule has 8 heteroatoms. The molecule has 1 aromatic heterocycles. The number of hydrogen-bond donors (Lipinski definition) is 3. The van der Waals surface area contributed by atoms with E-state index >= 15 is 0 Å². The van der Waals surface area contributed by atoms with E-state index in [0.29, 0.717) is 27.8 Å². The highest BCUT2D eigenvalue weighted by molar-refractivity contribution is 7.17. The van der Waals surface area contributed by atoms with Crippen molar-refractivity contribution in [2.75, 3.05) is 17.2 Å². The largest absolute Gasteiger partial charge is 0.365 e. The number of carbonyl (C=O) groups is 2. The molecule has 1 aromatic carbocycles. The molecule has 3 amide bonds. The molecule has 0 saturated carbocycles. The number of nitrogens with zero attached hydrogens (tertiary/aromatic N) is 1. The average Bonchev–Trinajstić information content (AvgIpc) is 3.05. The van der Waals surface area contributed by atoms with E-state index in [4.69, 9.17) is 17.3 Å². The monoisotopic (exact) mass is 364 g/mol. The van der Waals surface area contributed by atoms with E-state index in [1.54, 1.807) is 24.3 Å². The molecule has 0 atom stereocenters. The predicted octanol–water partition coefficient (Wildman–Crippen LogP) is 3.48. The lowest BCUT2D eigenvalue weighted by atomic mass is 10.1. The van der Waals surface area contributed by atoms with Crippen molar-refractivity contribution in [3.63, 3.8) is 0 Å². The number of carbonyl (C=O) groups excluding carboxylic acids is 2. The molecule has 0 fully saturated rings. The minimum atomic E-state index is -0.521. The lowest BCUT2D eigenvalue weighted by molar-refractivity contribution is 0.1000. The van der Waals surface area contributed by atoms with Gasteiger partial charge in [0, 0.05) is 28.7 Å². The molecule has 1 aliphatic rings. The molecular formula is C16H17ClN4O2S. The minimum absolute atomic E-state index is 0.414. The van der Waals surface area contributed by atoms with Gasteiger partial charge in [0.15, 0.2) is 0 Å². The van der Waals surface area contributed by atoms with Crippen molar-refractivity contribution in [2.45, 2.75) is 20.0 Å². The number of primary amides is 1. The molecule has 2 heterocycles. The van der Waals surface area contributed by atoms with Gasteiger partial charge in [0.25, 0.3) is 5.91 Å². The fourth-order valence-electron chi connectivity index (χ4n) is 2.66. The Hall–Kier alpha value is -2.09. The molecule has 0 saturated heterocycles. The van der Waals surface area contributed by atoms with E-state index in [9.17, 15) is 9.59 Å². The molecule has 0 spiro atoms. The Bertz CT molecular complexity index is 788. The van der Waals surface area contributed by atoms with Crippen molar-refractivity contribution in [1.82, 2.24) is 4.90 Å². The number of nitrogens with two attached hydrogens (primary N) is 1. The molecule has 126 valence electrons. The smallest absolute Gasteiger partial charge is 0.324 e. The van der Waals surface area contributed by atoms with Crippen molar-refractivity contribution >= 4 is 45.6 Å². The van der Waals surface area contributed by atoms with Crippen LogP contribution in [-0.4, -0.2) is 23.4 Å². The highest BCUT2D eigenvalue weighted by Gasteiger charge is 2.29. The van der Waals surface area contributed by atoms with Crippen molar-refractivity contribution in [1.29, 1.82) is 0 Å². The number of nitrogens with one attached hydrogen (secondary N) is 2. The number of rotatable bonds is 4. The highest BCUT2D eigenvalue weighted by Crippen LogP contribution is 2.38. The topological polar surface area (TPSA) is 87.5 Å². The van der Waals surface area contributed by atoms with E-state index in [2.05, 4.69) is 22.5 Å². The molecular weight excluding hydrogens is 348 g/mol. The zero-order valence-electron chi connectivity index (χ0n) is 13.1. The Balaban J connectivity index is 1.77. The normalized spacial score (nSPS) is 13.6. The summed E-state index contributed by atoms with van der Waals surface area (Å²) in [5.41, 5.74) is 7.48. The number of thiophene rings is 1. The van der Waals surface area contributed by atoms with Crippen LogP contribution in [0.5, 0.6) is 0 Å². The van der Waals surface area contributed by atoms with Crippen molar-refractivity contribution in [2.24, 2.45) is 5.73 Å². The van der Waals surface area contributed by atoms with Gasteiger partial charge in [0.1, 0.15) is 5.00 Å². The lowest BCUT2D eigenvalue weighted by Crippen LogP contribution is -2.22. The third kappa shape index (κ3) is 3.38. The predicted molar refractivity (Wildman–Crippen MR) is 96.7 cm³/mol. The number of anilines is 2. The van der Waals surface area contributed by atoms with Crippen molar-refractivity contribution < 1.29 is 9.59 Å². The summed E-state index contributed by atoms with van der Waals surface area (Å²) >= 11 is 7.22. The van der Waals surface area contributed by atoms with Crippen LogP contribution in [0, 0.1) is 0 Å². The molecule has 0 bridgehead atoms. The van der Waals surface area contributed by atoms with Crippen LogP contribution in [-0.2, 0) is 13.1 Å². The molecule has 2 aromatic rings. The summed E-state index contributed by atoms with van der Waals surface area (Å²) in [6.07, 6.45) is 0. The number of urea groups is 1. The second kappa shape index (κ2) is 6.80. The number of benzene rings is 1. The van der Waals surface area contributed by atoms with Gasteiger partial charge in [-0.2, -0.15) is 0 Å². The van der Waals surface area contributed by atoms with Gasteiger partial charge >= 0.3 is 6.03 Å². The van der Waals surface area contributed by atoms with E-state index in [-0.39, 0.29) is 0 Å². The van der Waals surface area contributed by atoms with Crippen LogP contribution in [0.1, 0.15) is 27.7 Å². The van der Waals surface area contributed by atoms with Crippen LogP contribution in [0.15, 0.2) is 24.3 Å². The van der Waals surface area contributed by atoms with Gasteiger partial charge in [-0.25, -0.2) is 4.79 Å². The first-order valence-corrected chi connectivity index (χ1v) is 8.67. The van der Waals surface area contributed by atoms with Crippen LogP contribution < -0.4 is 16.4 Å². The first kappa shape index (κ1) is 16.8. The van der Waals surface area contributed by atoms with E-state index in [0.717, 1.165) is 23.5 Å². The van der Waals surface area contributed by atoms with Crippen LogP contribution in [0.3, 0.4) is 0 Å². The van der Waals surface area contributed by atoms with Gasteiger partial charge in [0.05, 0.1) is 5.56 Å². The Morgan fingerprint density at radius 2 is 1.96 bits per heavy atom. The maximum Gasteiger partial charge on any atom is 0.324 e. The fraction of sp³-hybridized carbons (Fsp3) is 0.250. The van der Waals surface area contributed by atoms with Crippen LogP contribution in [0.25, 0.3) is 0 Å². The number of halogens is 1. The zero-order valence-corrected chi connectivity index (χ0v) is 14.6. The summed E-state index contributed by atoms with van der Waals surface area (Å²) in [5.74, 6) is -0.521. The SMILES string of the molecule is CCN1Cc2sc(NC(=O)Nc3ccc(Cl)cc3)c(C(N)=O)c2C1. The molecule has 0 aliphatic carbocycles. The Kier molecular flexibility index (Phi) is 4.75. The molecule has 24 heavy (non-hydrogen) atoms. The van der Waals surface area contributed by atoms with Gasteiger partial charge in [-0.1, -0.05) is 18.5 Å². The third-order valence-corrected chi connectivity index (χ3v) is 5.25. The summed E-state index contributed by atoms with van der Waals surface area (Å²) in [5, 5.41) is 6.52. The molecule has 0 unspecified atom stereocenters. The molecule has 0 radical (unpaired) electrons. The van der Waals surface area contributed by atoms with Gasteiger partial charge < -0.3 is 11.1 Å². The zero-order chi connectivity index (χ0) is 17.3.